The third-order valence-electron chi connectivity index (χ3n) is 2.94. The summed E-state index contributed by atoms with van der Waals surface area (Å²) in [6, 6.07) is 1.54. The maximum absolute atomic E-state index is 12.1. The fourth-order valence-corrected chi connectivity index (χ4v) is 1.94. The monoisotopic (exact) mass is 267 g/mol. The van der Waals surface area contributed by atoms with Gasteiger partial charge in [-0.3, -0.25) is 14.2 Å². The summed E-state index contributed by atoms with van der Waals surface area (Å²) in [4.78, 5) is 29.8. The van der Waals surface area contributed by atoms with Crippen LogP contribution in [0.2, 0.25) is 0 Å². The maximum atomic E-state index is 12.1. The zero-order valence-corrected chi connectivity index (χ0v) is 11.1. The van der Waals surface area contributed by atoms with Crippen LogP contribution in [0.4, 0.5) is 0 Å². The average Bonchev–Trinajstić information content (AvgIpc) is 2.42. The van der Waals surface area contributed by atoms with Gasteiger partial charge in [0.2, 0.25) is 5.91 Å². The molecule has 0 radical (unpaired) electrons. The molecule has 19 heavy (non-hydrogen) atoms. The van der Waals surface area contributed by atoms with E-state index < -0.39 is 0 Å². The lowest BCUT2D eigenvalue weighted by molar-refractivity contribution is -0.136. The number of nitrogens with zero attached hydrogens (tertiary/aromatic N) is 3. The quantitative estimate of drug-likeness (QED) is 0.732. The summed E-state index contributed by atoms with van der Waals surface area (Å²) < 4.78 is 11.5. The van der Waals surface area contributed by atoms with Gasteiger partial charge in [0, 0.05) is 24.8 Å². The summed E-state index contributed by atoms with van der Waals surface area (Å²) >= 11 is 0. The van der Waals surface area contributed by atoms with E-state index in [9.17, 15) is 9.59 Å². The fraction of sp³-hybridized carbons (Fsp3) is 0.583. The highest BCUT2D eigenvalue weighted by Crippen LogP contribution is 2.06. The number of aromatic nitrogens is 2. The Balaban J connectivity index is 2.18. The Morgan fingerprint density at radius 1 is 1.47 bits per heavy atom. The van der Waals surface area contributed by atoms with Crippen molar-refractivity contribution in [3.8, 4) is 6.01 Å². The van der Waals surface area contributed by atoms with E-state index in [1.165, 1.54) is 17.7 Å². The van der Waals surface area contributed by atoms with Crippen LogP contribution in [0, 0.1) is 6.92 Å². The number of rotatable bonds is 3. The molecular weight excluding hydrogens is 250 g/mol. The molecule has 104 valence electrons. The molecule has 2 heterocycles. The van der Waals surface area contributed by atoms with Gasteiger partial charge in [0.1, 0.15) is 6.54 Å². The predicted molar refractivity (Wildman–Crippen MR) is 67.2 cm³/mol. The molecule has 0 N–H and O–H groups in total. The molecule has 1 aliphatic rings. The zero-order valence-electron chi connectivity index (χ0n) is 11.1. The van der Waals surface area contributed by atoms with E-state index in [1.807, 2.05) is 0 Å². The van der Waals surface area contributed by atoms with Gasteiger partial charge < -0.3 is 14.4 Å². The molecule has 0 spiro atoms. The van der Waals surface area contributed by atoms with Gasteiger partial charge in [-0.15, -0.1) is 0 Å². The molecule has 1 fully saturated rings. The number of amides is 1. The number of ether oxygens (including phenoxy) is 2. The van der Waals surface area contributed by atoms with Crippen molar-refractivity contribution in [2.75, 3.05) is 33.4 Å². The number of hydrogen-bond acceptors (Lipinski definition) is 5. The van der Waals surface area contributed by atoms with Crippen molar-refractivity contribution in [3.05, 3.63) is 22.1 Å². The van der Waals surface area contributed by atoms with Crippen molar-refractivity contribution in [1.29, 1.82) is 0 Å². The van der Waals surface area contributed by atoms with E-state index in [1.54, 1.807) is 11.8 Å². The predicted octanol–water partition coefficient (Wildman–Crippen LogP) is -0.581. The third-order valence-corrected chi connectivity index (χ3v) is 2.94. The van der Waals surface area contributed by atoms with Crippen molar-refractivity contribution >= 4 is 5.91 Å². The van der Waals surface area contributed by atoms with E-state index >= 15 is 0 Å². The van der Waals surface area contributed by atoms with Gasteiger partial charge in [-0.05, 0) is 6.92 Å². The van der Waals surface area contributed by atoms with Crippen LogP contribution in [-0.4, -0.2) is 53.8 Å². The first-order valence-corrected chi connectivity index (χ1v) is 6.10. The van der Waals surface area contributed by atoms with Gasteiger partial charge in [0.05, 0.1) is 20.3 Å². The highest BCUT2D eigenvalue weighted by molar-refractivity contribution is 5.76. The zero-order chi connectivity index (χ0) is 13.8. The van der Waals surface area contributed by atoms with E-state index in [-0.39, 0.29) is 24.0 Å². The summed E-state index contributed by atoms with van der Waals surface area (Å²) in [5.41, 5.74) is 0.280. The molecule has 7 heteroatoms. The SMILES string of the molecule is COc1nc(C)cc(=O)n1CC(=O)N1CCOCC1. The van der Waals surface area contributed by atoms with Crippen LogP contribution in [0.3, 0.4) is 0 Å². The molecule has 0 saturated carbocycles. The summed E-state index contributed by atoms with van der Waals surface area (Å²) in [5.74, 6) is -0.130. The van der Waals surface area contributed by atoms with Crippen LogP contribution in [0.25, 0.3) is 0 Å². The number of aryl methyl sites for hydroxylation is 1. The second-order valence-electron chi connectivity index (χ2n) is 4.30. The van der Waals surface area contributed by atoms with Gasteiger partial charge >= 0.3 is 0 Å². The van der Waals surface area contributed by atoms with E-state index in [4.69, 9.17) is 9.47 Å². The van der Waals surface area contributed by atoms with Gasteiger partial charge in [0.15, 0.2) is 0 Å². The molecular formula is C12H17N3O4. The fourth-order valence-electron chi connectivity index (χ4n) is 1.94. The smallest absolute Gasteiger partial charge is 0.299 e. The minimum atomic E-state index is -0.286. The number of carbonyl (C=O) groups is 1. The largest absolute Gasteiger partial charge is 0.468 e. The minimum Gasteiger partial charge on any atom is -0.468 e. The Labute approximate surface area is 110 Å². The summed E-state index contributed by atoms with van der Waals surface area (Å²) in [5, 5.41) is 0. The van der Waals surface area contributed by atoms with Crippen LogP contribution in [0.15, 0.2) is 10.9 Å². The molecule has 1 saturated heterocycles. The minimum absolute atomic E-state index is 0.0602. The first kappa shape index (κ1) is 13.5. The van der Waals surface area contributed by atoms with Crippen LogP contribution >= 0.6 is 0 Å². The lowest BCUT2D eigenvalue weighted by atomic mass is 10.4. The van der Waals surface area contributed by atoms with Crippen molar-refractivity contribution < 1.29 is 14.3 Å². The van der Waals surface area contributed by atoms with Crippen LogP contribution in [-0.2, 0) is 16.1 Å². The van der Waals surface area contributed by atoms with Crippen molar-refractivity contribution in [1.82, 2.24) is 14.5 Å². The molecule has 0 atom stereocenters. The number of hydrogen-bond donors (Lipinski definition) is 0. The van der Waals surface area contributed by atoms with Crippen LogP contribution in [0.5, 0.6) is 6.01 Å². The second-order valence-corrected chi connectivity index (χ2v) is 4.30. The molecule has 0 aliphatic carbocycles. The Morgan fingerprint density at radius 2 is 2.16 bits per heavy atom. The molecule has 1 aromatic rings. The molecule has 0 aromatic carbocycles. The highest BCUT2D eigenvalue weighted by atomic mass is 16.5. The van der Waals surface area contributed by atoms with Crippen molar-refractivity contribution in [2.45, 2.75) is 13.5 Å². The molecule has 2 rings (SSSR count). The van der Waals surface area contributed by atoms with Crippen molar-refractivity contribution in [3.63, 3.8) is 0 Å². The maximum Gasteiger partial charge on any atom is 0.299 e. The Hall–Kier alpha value is -1.89. The van der Waals surface area contributed by atoms with Crippen molar-refractivity contribution in [2.24, 2.45) is 0 Å². The van der Waals surface area contributed by atoms with Crippen LogP contribution < -0.4 is 10.3 Å². The second kappa shape index (κ2) is 5.83. The highest BCUT2D eigenvalue weighted by Gasteiger charge is 2.19. The van der Waals surface area contributed by atoms with Crippen LogP contribution in [0.1, 0.15) is 5.69 Å². The molecule has 1 aromatic heterocycles. The molecule has 0 unspecified atom stereocenters. The number of methoxy groups -OCH3 is 1. The number of morpholine rings is 1. The van der Waals surface area contributed by atoms with Gasteiger partial charge in [-0.25, -0.2) is 4.98 Å². The standard InChI is InChI=1S/C12H17N3O4/c1-9-7-10(16)15(12(13-9)18-2)8-11(17)14-3-5-19-6-4-14/h7H,3-6,8H2,1-2H3. The summed E-state index contributed by atoms with van der Waals surface area (Å²) in [6.07, 6.45) is 0. The normalized spacial score (nSPS) is 15.4. The average molecular weight is 267 g/mol. The third kappa shape index (κ3) is 3.11. The molecule has 0 bridgehead atoms. The van der Waals surface area contributed by atoms with E-state index in [0.717, 1.165) is 0 Å². The Morgan fingerprint density at radius 3 is 2.79 bits per heavy atom. The van der Waals surface area contributed by atoms with E-state index in [2.05, 4.69) is 4.98 Å². The molecule has 1 amide bonds. The molecule has 7 nitrogen and oxygen atoms in total. The van der Waals surface area contributed by atoms with E-state index in [0.29, 0.717) is 32.0 Å². The first-order chi connectivity index (χ1) is 9.11. The Bertz CT molecular complexity index is 520. The summed E-state index contributed by atoms with van der Waals surface area (Å²) in [7, 11) is 1.43. The topological polar surface area (TPSA) is 73.7 Å². The summed E-state index contributed by atoms with van der Waals surface area (Å²) in [6.45, 7) is 3.81. The lowest BCUT2D eigenvalue weighted by Crippen LogP contribution is -2.43. The van der Waals surface area contributed by atoms with Gasteiger partial charge in [-0.2, -0.15) is 0 Å². The molecule has 1 aliphatic heterocycles. The lowest BCUT2D eigenvalue weighted by Gasteiger charge is -2.27. The van der Waals surface area contributed by atoms with Gasteiger partial charge in [-0.1, -0.05) is 0 Å². The Kier molecular flexibility index (Phi) is 4.16. The number of carbonyl (C=O) groups excluding carboxylic acids is 1. The van der Waals surface area contributed by atoms with Gasteiger partial charge in [0.25, 0.3) is 11.6 Å². The first-order valence-electron chi connectivity index (χ1n) is 6.10.